The molecule has 0 saturated heterocycles. The van der Waals surface area contributed by atoms with Crippen molar-refractivity contribution in [2.45, 2.75) is 10.9 Å². The third-order valence-electron chi connectivity index (χ3n) is 5.39. The van der Waals surface area contributed by atoms with Crippen LogP contribution in [-0.2, 0) is 14.8 Å². The second-order valence-electron chi connectivity index (χ2n) is 7.71. The third-order valence-corrected chi connectivity index (χ3v) is 7.08. The molecule has 0 spiro atoms. The van der Waals surface area contributed by atoms with E-state index in [0.717, 1.165) is 10.8 Å². The number of benzene rings is 4. The predicted molar refractivity (Wildman–Crippen MR) is 136 cm³/mol. The molecule has 0 radical (unpaired) electrons. The number of nitrogens with one attached hydrogen (secondary N) is 1. The van der Waals surface area contributed by atoms with Crippen molar-refractivity contribution in [1.82, 2.24) is 4.72 Å². The zero-order valence-electron chi connectivity index (χ0n) is 18.8. The highest BCUT2D eigenvalue weighted by Crippen LogP contribution is 2.28. The number of hydrogen-bond acceptors (Lipinski definition) is 5. The lowest BCUT2D eigenvalue weighted by atomic mass is 10.0. The van der Waals surface area contributed by atoms with Gasteiger partial charge < -0.3 is 9.47 Å². The molecular formula is C27H22ClNO5S. The highest BCUT2D eigenvalue weighted by atomic mass is 35.5. The van der Waals surface area contributed by atoms with E-state index in [-0.39, 0.29) is 10.5 Å². The maximum atomic E-state index is 13.1. The predicted octanol–water partition coefficient (Wildman–Crippen LogP) is 5.68. The van der Waals surface area contributed by atoms with Gasteiger partial charge in [-0.2, -0.15) is 4.72 Å². The van der Waals surface area contributed by atoms with Crippen molar-refractivity contribution < 1.29 is 22.7 Å². The monoisotopic (exact) mass is 507 g/mol. The molecule has 1 N–H and O–H groups in total. The van der Waals surface area contributed by atoms with Crippen molar-refractivity contribution in [2.75, 3.05) is 7.11 Å². The minimum atomic E-state index is -4.03. The van der Waals surface area contributed by atoms with E-state index in [0.29, 0.717) is 22.1 Å². The van der Waals surface area contributed by atoms with Crippen LogP contribution in [0.15, 0.2) is 108 Å². The van der Waals surface area contributed by atoms with E-state index in [2.05, 4.69) is 11.3 Å². The van der Waals surface area contributed by atoms with Crippen molar-refractivity contribution in [1.29, 1.82) is 0 Å². The first kappa shape index (κ1) is 24.5. The molecule has 0 heterocycles. The normalized spacial score (nSPS) is 12.2. The Morgan fingerprint density at radius 2 is 1.51 bits per heavy atom. The quantitative estimate of drug-likeness (QED) is 0.188. The van der Waals surface area contributed by atoms with Crippen LogP contribution in [0.2, 0.25) is 5.02 Å². The fourth-order valence-corrected chi connectivity index (χ4v) is 4.84. The Morgan fingerprint density at radius 1 is 0.886 bits per heavy atom. The Balaban J connectivity index is 1.62. The number of halogens is 1. The molecule has 0 fully saturated rings. The Morgan fingerprint density at radius 3 is 2.17 bits per heavy atom. The standard InChI is InChI=1S/C27H22ClNO5S/c1-18(27(30)34-24-12-9-19-5-3-4-6-21(19)17-24)26(20-7-10-22(28)11-8-20)29-35(31,32)25-15-13-23(33-2)14-16-25/h3-17,26,29H,1H2,2H3/t26-/m0/s1. The van der Waals surface area contributed by atoms with Crippen molar-refractivity contribution in [3.8, 4) is 11.5 Å². The molecule has 4 aromatic rings. The van der Waals surface area contributed by atoms with Crippen LogP contribution in [0.4, 0.5) is 0 Å². The molecule has 0 aliphatic heterocycles. The van der Waals surface area contributed by atoms with E-state index in [1.54, 1.807) is 36.4 Å². The lowest BCUT2D eigenvalue weighted by Crippen LogP contribution is -2.32. The van der Waals surface area contributed by atoms with Gasteiger partial charge >= 0.3 is 5.97 Å². The molecule has 4 aromatic carbocycles. The van der Waals surface area contributed by atoms with E-state index in [1.807, 2.05) is 30.3 Å². The SMILES string of the molecule is C=C(C(=O)Oc1ccc2ccccc2c1)[C@H](NS(=O)(=O)c1ccc(OC)cc1)c1ccc(Cl)cc1. The minimum Gasteiger partial charge on any atom is -0.497 e. The lowest BCUT2D eigenvalue weighted by Gasteiger charge is -2.21. The van der Waals surface area contributed by atoms with Crippen LogP contribution in [0.3, 0.4) is 0 Å². The van der Waals surface area contributed by atoms with Gasteiger partial charge in [0.05, 0.1) is 23.6 Å². The Labute approximate surface area is 208 Å². The van der Waals surface area contributed by atoms with Crippen LogP contribution in [-0.4, -0.2) is 21.5 Å². The number of carbonyl (C=O) groups is 1. The molecule has 0 aliphatic carbocycles. The summed E-state index contributed by atoms with van der Waals surface area (Å²) in [6, 6.07) is 24.2. The number of carbonyl (C=O) groups excluding carboxylic acids is 1. The number of rotatable bonds is 8. The Kier molecular flexibility index (Phi) is 7.21. The number of hydrogen-bond donors (Lipinski definition) is 1. The van der Waals surface area contributed by atoms with Crippen molar-refractivity contribution in [2.24, 2.45) is 0 Å². The van der Waals surface area contributed by atoms with E-state index in [9.17, 15) is 13.2 Å². The van der Waals surface area contributed by atoms with E-state index < -0.39 is 22.0 Å². The molecule has 0 aliphatic rings. The van der Waals surface area contributed by atoms with Gasteiger partial charge in [0.1, 0.15) is 11.5 Å². The summed E-state index contributed by atoms with van der Waals surface area (Å²) in [5, 5.41) is 2.37. The summed E-state index contributed by atoms with van der Waals surface area (Å²) in [5.74, 6) is 0.0713. The lowest BCUT2D eigenvalue weighted by molar-refractivity contribution is -0.130. The summed E-state index contributed by atoms with van der Waals surface area (Å²) in [7, 11) is -2.54. The van der Waals surface area contributed by atoms with Gasteiger partial charge in [0.25, 0.3) is 0 Å². The Hall–Kier alpha value is -3.65. The van der Waals surface area contributed by atoms with Crippen LogP contribution in [0.1, 0.15) is 11.6 Å². The molecule has 6 nitrogen and oxygen atoms in total. The van der Waals surface area contributed by atoms with Gasteiger partial charge in [0, 0.05) is 5.02 Å². The summed E-state index contributed by atoms with van der Waals surface area (Å²) in [4.78, 5) is 13.0. The smallest absolute Gasteiger partial charge is 0.340 e. The van der Waals surface area contributed by atoms with Crippen molar-refractivity contribution in [3.63, 3.8) is 0 Å². The van der Waals surface area contributed by atoms with Crippen LogP contribution in [0.5, 0.6) is 11.5 Å². The van der Waals surface area contributed by atoms with Crippen molar-refractivity contribution in [3.05, 3.63) is 114 Å². The van der Waals surface area contributed by atoms with Gasteiger partial charge in [0.15, 0.2) is 0 Å². The molecule has 0 aromatic heterocycles. The first-order valence-corrected chi connectivity index (χ1v) is 12.4. The maximum absolute atomic E-state index is 13.1. The zero-order chi connectivity index (χ0) is 25.0. The molecule has 35 heavy (non-hydrogen) atoms. The molecule has 178 valence electrons. The number of fused-ring (bicyclic) bond motifs is 1. The largest absolute Gasteiger partial charge is 0.497 e. The number of sulfonamides is 1. The van der Waals surface area contributed by atoms with Crippen LogP contribution in [0, 0.1) is 0 Å². The van der Waals surface area contributed by atoms with Gasteiger partial charge in [-0.05, 0) is 64.9 Å². The van der Waals surface area contributed by atoms with E-state index in [4.69, 9.17) is 21.1 Å². The Bertz CT molecular complexity index is 1480. The topological polar surface area (TPSA) is 81.7 Å². The number of methoxy groups -OCH3 is 1. The summed E-state index contributed by atoms with van der Waals surface area (Å²) in [6.45, 7) is 3.86. The van der Waals surface area contributed by atoms with Gasteiger partial charge in [-0.3, -0.25) is 0 Å². The number of ether oxygens (including phenoxy) is 2. The molecule has 8 heteroatoms. The molecule has 0 unspecified atom stereocenters. The summed E-state index contributed by atoms with van der Waals surface area (Å²) in [5.41, 5.74) is 0.393. The molecule has 0 saturated carbocycles. The van der Waals surface area contributed by atoms with Gasteiger partial charge in [0.2, 0.25) is 10.0 Å². The van der Waals surface area contributed by atoms with Crippen LogP contribution < -0.4 is 14.2 Å². The van der Waals surface area contributed by atoms with Gasteiger partial charge in [-0.1, -0.05) is 60.6 Å². The average Bonchev–Trinajstić information content (AvgIpc) is 2.87. The second kappa shape index (κ2) is 10.3. The fourth-order valence-electron chi connectivity index (χ4n) is 3.49. The van der Waals surface area contributed by atoms with Gasteiger partial charge in [-0.15, -0.1) is 0 Å². The third kappa shape index (κ3) is 5.71. The summed E-state index contributed by atoms with van der Waals surface area (Å²) < 4.78 is 39.5. The van der Waals surface area contributed by atoms with Gasteiger partial charge in [-0.25, -0.2) is 13.2 Å². The maximum Gasteiger partial charge on any atom is 0.340 e. The fraction of sp³-hybridized carbons (Fsp3) is 0.0741. The summed E-state index contributed by atoms with van der Waals surface area (Å²) in [6.07, 6.45) is 0. The average molecular weight is 508 g/mol. The van der Waals surface area contributed by atoms with E-state index in [1.165, 1.54) is 31.4 Å². The molecule has 0 amide bonds. The second-order valence-corrected chi connectivity index (χ2v) is 9.86. The molecule has 1 atom stereocenters. The van der Waals surface area contributed by atoms with E-state index >= 15 is 0 Å². The van der Waals surface area contributed by atoms with Crippen molar-refractivity contribution >= 4 is 38.4 Å². The highest BCUT2D eigenvalue weighted by Gasteiger charge is 2.28. The molecule has 0 bridgehead atoms. The molecule has 4 rings (SSSR count). The summed E-state index contributed by atoms with van der Waals surface area (Å²) >= 11 is 6.01. The van der Waals surface area contributed by atoms with Crippen LogP contribution >= 0.6 is 11.6 Å². The highest BCUT2D eigenvalue weighted by molar-refractivity contribution is 7.89. The van der Waals surface area contributed by atoms with Crippen LogP contribution in [0.25, 0.3) is 10.8 Å². The number of esters is 1. The zero-order valence-corrected chi connectivity index (χ0v) is 20.3. The first-order valence-electron chi connectivity index (χ1n) is 10.6. The first-order chi connectivity index (χ1) is 16.8. The minimum absolute atomic E-state index is 0.00737. The molecular weight excluding hydrogens is 486 g/mol.